The van der Waals surface area contributed by atoms with Crippen LogP contribution in [0.1, 0.15) is 19.8 Å². The van der Waals surface area contributed by atoms with Gasteiger partial charge in [0.25, 0.3) is 0 Å². The van der Waals surface area contributed by atoms with Gasteiger partial charge in [-0.15, -0.1) is 0 Å². The first-order valence-electron chi connectivity index (χ1n) is 5.61. The van der Waals surface area contributed by atoms with E-state index in [1.165, 1.54) is 0 Å². The van der Waals surface area contributed by atoms with Crippen LogP contribution in [0.5, 0.6) is 0 Å². The van der Waals surface area contributed by atoms with Crippen molar-refractivity contribution >= 4 is 11.9 Å². The van der Waals surface area contributed by atoms with Crippen LogP contribution in [-0.2, 0) is 19.1 Å². The summed E-state index contributed by atoms with van der Waals surface area (Å²) < 4.78 is 9.81. The van der Waals surface area contributed by atoms with Crippen molar-refractivity contribution in [2.45, 2.75) is 19.8 Å². The Balaban J connectivity index is 1.92. The molecule has 2 aliphatic heterocycles. The van der Waals surface area contributed by atoms with Crippen molar-refractivity contribution in [1.82, 2.24) is 4.90 Å². The minimum atomic E-state index is -0.438. The topological polar surface area (TPSA) is 55.8 Å². The zero-order valence-corrected chi connectivity index (χ0v) is 9.53. The van der Waals surface area contributed by atoms with E-state index in [9.17, 15) is 9.59 Å². The van der Waals surface area contributed by atoms with E-state index in [1.807, 2.05) is 4.90 Å². The van der Waals surface area contributed by atoms with Gasteiger partial charge in [0.05, 0.1) is 13.1 Å². The highest BCUT2D eigenvalue weighted by atomic mass is 16.6. The molecule has 0 aromatic carbocycles. The largest absolute Gasteiger partial charge is 0.391 e. The van der Waals surface area contributed by atoms with E-state index in [0.717, 1.165) is 32.6 Å². The molecule has 0 saturated carbocycles. The maximum absolute atomic E-state index is 11.1. The number of esters is 2. The highest BCUT2D eigenvalue weighted by Crippen LogP contribution is 2.30. The molecule has 0 spiro atoms. The van der Waals surface area contributed by atoms with Gasteiger partial charge >= 0.3 is 11.9 Å². The summed E-state index contributed by atoms with van der Waals surface area (Å²) in [4.78, 5) is 24.1. The molecule has 2 heterocycles. The van der Waals surface area contributed by atoms with E-state index < -0.39 is 11.9 Å². The Labute approximate surface area is 94.7 Å². The van der Waals surface area contributed by atoms with Crippen molar-refractivity contribution in [3.63, 3.8) is 0 Å². The first-order valence-corrected chi connectivity index (χ1v) is 5.61. The van der Waals surface area contributed by atoms with Gasteiger partial charge in [-0.25, -0.2) is 0 Å². The van der Waals surface area contributed by atoms with Crippen LogP contribution in [0, 0.1) is 5.41 Å². The zero-order chi connectivity index (χ0) is 11.6. The second-order valence-electron chi connectivity index (χ2n) is 4.91. The molecule has 0 N–H and O–H groups in total. The van der Waals surface area contributed by atoms with Crippen LogP contribution in [0.4, 0.5) is 0 Å². The average molecular weight is 227 g/mol. The molecule has 0 aliphatic carbocycles. The Hall–Kier alpha value is -0.940. The molecule has 2 saturated heterocycles. The average Bonchev–Trinajstić information content (AvgIpc) is 2.15. The molecule has 90 valence electrons. The lowest BCUT2D eigenvalue weighted by Crippen LogP contribution is -2.48. The second-order valence-corrected chi connectivity index (χ2v) is 4.91. The van der Waals surface area contributed by atoms with E-state index in [2.05, 4.69) is 11.7 Å². The Morgan fingerprint density at radius 3 is 2.31 bits per heavy atom. The third-order valence-electron chi connectivity index (χ3n) is 3.24. The van der Waals surface area contributed by atoms with Crippen molar-refractivity contribution in [2.24, 2.45) is 5.41 Å². The summed E-state index contributed by atoms with van der Waals surface area (Å²) >= 11 is 0. The van der Waals surface area contributed by atoms with Crippen LogP contribution < -0.4 is 0 Å². The predicted octanol–water partition coefficient (Wildman–Crippen LogP) is 0.188. The Morgan fingerprint density at radius 1 is 1.19 bits per heavy atom. The quantitative estimate of drug-likeness (QED) is 0.498. The third kappa shape index (κ3) is 2.80. The van der Waals surface area contributed by atoms with Crippen LogP contribution in [0.3, 0.4) is 0 Å². The zero-order valence-electron chi connectivity index (χ0n) is 9.53. The molecule has 5 nitrogen and oxygen atoms in total. The van der Waals surface area contributed by atoms with Crippen LogP contribution in [0.2, 0.25) is 0 Å². The molecular weight excluding hydrogens is 210 g/mol. The van der Waals surface area contributed by atoms with Gasteiger partial charge in [0.15, 0.2) is 0 Å². The summed E-state index contributed by atoms with van der Waals surface area (Å²) in [5.74, 6) is -0.876. The molecule has 0 bridgehead atoms. The standard InChI is InChI=1S/C11H17NO4/c1-11(2-4-15-5-3-11)8-12-6-9(13)16-10(14)7-12/h2-8H2,1H3. The first-order chi connectivity index (χ1) is 7.57. The van der Waals surface area contributed by atoms with Gasteiger partial charge in [-0.05, 0) is 18.3 Å². The summed E-state index contributed by atoms with van der Waals surface area (Å²) in [6.07, 6.45) is 1.96. The smallest absolute Gasteiger partial charge is 0.327 e. The predicted molar refractivity (Wildman–Crippen MR) is 55.7 cm³/mol. The molecule has 0 atom stereocenters. The van der Waals surface area contributed by atoms with Crippen LogP contribution >= 0.6 is 0 Å². The molecule has 0 aromatic rings. The Morgan fingerprint density at radius 2 is 1.75 bits per heavy atom. The SMILES string of the molecule is CC1(CN2CC(=O)OC(=O)C2)CCOCC1. The monoisotopic (exact) mass is 227 g/mol. The molecule has 2 rings (SSSR count). The number of hydrogen-bond donors (Lipinski definition) is 0. The molecule has 0 unspecified atom stereocenters. The van der Waals surface area contributed by atoms with Crippen LogP contribution in [0.25, 0.3) is 0 Å². The fourth-order valence-corrected chi connectivity index (χ4v) is 2.29. The summed E-state index contributed by atoms with van der Waals surface area (Å²) in [6, 6.07) is 0. The fraction of sp³-hybridized carbons (Fsp3) is 0.818. The van der Waals surface area contributed by atoms with Crippen molar-refractivity contribution in [2.75, 3.05) is 32.8 Å². The molecule has 2 aliphatic rings. The number of carbonyl (C=O) groups is 2. The second kappa shape index (κ2) is 4.51. The van der Waals surface area contributed by atoms with Gasteiger partial charge in [0, 0.05) is 19.8 Å². The normalized spacial score (nSPS) is 26.6. The lowest BCUT2D eigenvalue weighted by Gasteiger charge is -2.38. The number of morpholine rings is 1. The maximum Gasteiger partial charge on any atom is 0.327 e. The molecule has 0 amide bonds. The summed E-state index contributed by atoms with van der Waals surface area (Å²) in [7, 11) is 0. The minimum Gasteiger partial charge on any atom is -0.391 e. The molecule has 5 heteroatoms. The lowest BCUT2D eigenvalue weighted by molar-refractivity contribution is -0.167. The van der Waals surface area contributed by atoms with Gasteiger partial charge in [0.1, 0.15) is 0 Å². The lowest BCUT2D eigenvalue weighted by atomic mass is 9.82. The summed E-state index contributed by atoms with van der Waals surface area (Å²) in [6.45, 7) is 4.92. The van der Waals surface area contributed by atoms with E-state index in [4.69, 9.17) is 4.74 Å². The van der Waals surface area contributed by atoms with Crippen molar-refractivity contribution in [3.05, 3.63) is 0 Å². The highest BCUT2D eigenvalue weighted by Gasteiger charge is 2.33. The molecule has 0 radical (unpaired) electrons. The number of ether oxygens (including phenoxy) is 2. The number of carbonyl (C=O) groups excluding carboxylic acids is 2. The van der Waals surface area contributed by atoms with Crippen molar-refractivity contribution in [1.29, 1.82) is 0 Å². The Kier molecular flexibility index (Phi) is 3.25. The van der Waals surface area contributed by atoms with E-state index in [-0.39, 0.29) is 18.5 Å². The van der Waals surface area contributed by atoms with Crippen molar-refractivity contribution in [3.8, 4) is 0 Å². The summed E-state index contributed by atoms with van der Waals surface area (Å²) in [5.41, 5.74) is 0.149. The van der Waals surface area contributed by atoms with Crippen LogP contribution in [-0.4, -0.2) is 49.7 Å². The maximum atomic E-state index is 11.1. The minimum absolute atomic E-state index is 0.149. The molecule has 0 aromatic heterocycles. The number of nitrogens with zero attached hydrogens (tertiary/aromatic N) is 1. The van der Waals surface area contributed by atoms with Gasteiger partial charge in [-0.3, -0.25) is 14.5 Å². The van der Waals surface area contributed by atoms with Crippen molar-refractivity contribution < 1.29 is 19.1 Å². The molecule has 16 heavy (non-hydrogen) atoms. The third-order valence-corrected chi connectivity index (χ3v) is 3.24. The number of rotatable bonds is 2. The first kappa shape index (κ1) is 11.5. The van der Waals surface area contributed by atoms with E-state index in [0.29, 0.717) is 0 Å². The van der Waals surface area contributed by atoms with Gasteiger partial charge in [-0.1, -0.05) is 6.92 Å². The number of hydrogen-bond acceptors (Lipinski definition) is 5. The molecular formula is C11H17NO4. The van der Waals surface area contributed by atoms with Gasteiger partial charge in [0.2, 0.25) is 0 Å². The molecule has 2 fully saturated rings. The number of cyclic esters (lactones) is 2. The summed E-state index contributed by atoms with van der Waals surface area (Å²) in [5, 5.41) is 0. The van der Waals surface area contributed by atoms with Crippen LogP contribution in [0.15, 0.2) is 0 Å². The fourth-order valence-electron chi connectivity index (χ4n) is 2.29. The highest BCUT2D eigenvalue weighted by molar-refractivity contribution is 5.90. The van der Waals surface area contributed by atoms with E-state index >= 15 is 0 Å². The van der Waals surface area contributed by atoms with E-state index in [1.54, 1.807) is 0 Å². The van der Waals surface area contributed by atoms with Gasteiger partial charge in [-0.2, -0.15) is 0 Å². The van der Waals surface area contributed by atoms with Gasteiger partial charge < -0.3 is 9.47 Å². The Bertz CT molecular complexity index is 280.